The van der Waals surface area contributed by atoms with Gasteiger partial charge in [-0.05, 0) is 25.1 Å². The van der Waals surface area contributed by atoms with Crippen LogP contribution in [0, 0.1) is 11.3 Å². The third-order valence-corrected chi connectivity index (χ3v) is 4.13. The number of carbonyl (C=O) groups is 1. The molecule has 0 aliphatic rings. The Morgan fingerprint density at radius 3 is 2.67 bits per heavy atom. The van der Waals surface area contributed by atoms with Gasteiger partial charge in [0.25, 0.3) is 0 Å². The van der Waals surface area contributed by atoms with E-state index in [0.717, 1.165) is 6.07 Å². The molecule has 18 heavy (non-hydrogen) atoms. The first-order valence-electron chi connectivity index (χ1n) is 4.79. The van der Waals surface area contributed by atoms with E-state index in [4.69, 9.17) is 22.6 Å². The Morgan fingerprint density at radius 2 is 2.17 bits per heavy atom. The van der Waals surface area contributed by atoms with Crippen LogP contribution in [0.3, 0.4) is 0 Å². The molecule has 1 aromatic carbocycles. The van der Waals surface area contributed by atoms with Crippen LogP contribution in [0.5, 0.6) is 0 Å². The second-order valence-electron chi connectivity index (χ2n) is 3.50. The minimum Gasteiger partial charge on any atom is -0.368 e. The molecule has 96 valence electrons. The number of carbonyl (C=O) groups excluding carboxylic acids is 1. The maximum Gasteiger partial charge on any atom is 0.242 e. The highest BCUT2D eigenvalue weighted by atomic mass is 35.5. The molecule has 1 amide bonds. The van der Waals surface area contributed by atoms with Gasteiger partial charge in [-0.3, -0.25) is 4.79 Å². The lowest BCUT2D eigenvalue weighted by Crippen LogP contribution is -2.42. The fourth-order valence-electron chi connectivity index (χ4n) is 1.13. The number of nitrogens with zero attached hydrogens (tertiary/aromatic N) is 1. The second-order valence-corrected chi connectivity index (χ2v) is 5.59. The highest BCUT2D eigenvalue weighted by molar-refractivity contribution is 7.89. The van der Waals surface area contributed by atoms with Crippen molar-refractivity contribution in [3.05, 3.63) is 28.8 Å². The molecule has 3 N–H and O–H groups in total. The van der Waals surface area contributed by atoms with Crippen LogP contribution >= 0.6 is 11.6 Å². The number of amides is 1. The molecule has 0 saturated heterocycles. The van der Waals surface area contributed by atoms with Crippen molar-refractivity contribution in [1.29, 1.82) is 5.26 Å². The van der Waals surface area contributed by atoms with Crippen molar-refractivity contribution >= 4 is 27.5 Å². The summed E-state index contributed by atoms with van der Waals surface area (Å²) in [5, 5.41) is 8.66. The summed E-state index contributed by atoms with van der Waals surface area (Å²) < 4.78 is 25.9. The van der Waals surface area contributed by atoms with Crippen LogP contribution in [0.2, 0.25) is 5.02 Å². The Hall–Kier alpha value is -1.62. The molecule has 0 aliphatic heterocycles. The van der Waals surface area contributed by atoms with Gasteiger partial charge in [0.2, 0.25) is 15.9 Å². The number of benzene rings is 1. The summed E-state index contributed by atoms with van der Waals surface area (Å²) in [4.78, 5) is 10.6. The van der Waals surface area contributed by atoms with Crippen LogP contribution in [0.1, 0.15) is 12.5 Å². The normalized spacial score (nSPS) is 12.7. The summed E-state index contributed by atoms with van der Waals surface area (Å²) in [5.74, 6) is -0.814. The molecule has 0 radical (unpaired) electrons. The topological polar surface area (TPSA) is 113 Å². The molecule has 0 heterocycles. The van der Waals surface area contributed by atoms with Gasteiger partial charge in [0.05, 0.1) is 22.7 Å². The third kappa shape index (κ3) is 3.20. The number of nitriles is 1. The summed E-state index contributed by atoms with van der Waals surface area (Å²) in [5.41, 5.74) is 5.11. The molecule has 0 aliphatic carbocycles. The molecule has 1 aromatic rings. The Kier molecular flexibility index (Phi) is 4.29. The first-order chi connectivity index (χ1) is 8.27. The maximum atomic E-state index is 11.9. The number of rotatable bonds is 4. The summed E-state index contributed by atoms with van der Waals surface area (Å²) in [7, 11) is -4.00. The first kappa shape index (κ1) is 14.4. The Bertz CT molecular complexity index is 622. The van der Waals surface area contributed by atoms with Crippen LogP contribution < -0.4 is 10.5 Å². The standard InChI is InChI=1S/C10H10ClN3O3S/c1-6(10(13)15)14-18(16,17)9-4-7(5-12)2-3-8(9)11/h2-4,6,14H,1H3,(H2,13,15). The Morgan fingerprint density at radius 1 is 1.56 bits per heavy atom. The fourth-order valence-corrected chi connectivity index (χ4v) is 2.87. The summed E-state index contributed by atoms with van der Waals surface area (Å²) >= 11 is 5.76. The van der Waals surface area contributed by atoms with Gasteiger partial charge >= 0.3 is 0 Å². The van der Waals surface area contributed by atoms with Crippen LogP contribution in [0.15, 0.2) is 23.1 Å². The van der Waals surface area contributed by atoms with Crippen molar-refractivity contribution in [2.24, 2.45) is 5.73 Å². The molecule has 1 rings (SSSR count). The Balaban J connectivity index is 3.21. The predicted molar refractivity (Wildman–Crippen MR) is 65.1 cm³/mol. The van der Waals surface area contributed by atoms with Crippen LogP contribution in [-0.2, 0) is 14.8 Å². The van der Waals surface area contributed by atoms with E-state index < -0.39 is 22.0 Å². The third-order valence-electron chi connectivity index (χ3n) is 2.11. The van der Waals surface area contributed by atoms with Crippen molar-refractivity contribution in [1.82, 2.24) is 4.72 Å². The lowest BCUT2D eigenvalue weighted by molar-refractivity contribution is -0.119. The highest BCUT2D eigenvalue weighted by Gasteiger charge is 2.23. The average Bonchev–Trinajstić information content (AvgIpc) is 2.28. The van der Waals surface area contributed by atoms with E-state index in [-0.39, 0.29) is 15.5 Å². The number of halogens is 1. The molecule has 8 heteroatoms. The van der Waals surface area contributed by atoms with Crippen molar-refractivity contribution < 1.29 is 13.2 Å². The number of sulfonamides is 1. The van der Waals surface area contributed by atoms with Crippen molar-refractivity contribution in [2.45, 2.75) is 17.9 Å². The minimum atomic E-state index is -4.00. The predicted octanol–water partition coefficient (Wildman–Crippen LogP) is 0.364. The Labute approximate surface area is 109 Å². The average molecular weight is 288 g/mol. The SMILES string of the molecule is CC(NS(=O)(=O)c1cc(C#N)ccc1Cl)C(N)=O. The second kappa shape index (κ2) is 5.35. The van der Waals surface area contributed by atoms with Gasteiger partial charge in [0.15, 0.2) is 0 Å². The van der Waals surface area contributed by atoms with E-state index in [1.807, 2.05) is 0 Å². The van der Waals surface area contributed by atoms with Gasteiger partial charge in [0, 0.05) is 0 Å². The van der Waals surface area contributed by atoms with Gasteiger partial charge in [-0.2, -0.15) is 9.98 Å². The van der Waals surface area contributed by atoms with E-state index in [1.54, 1.807) is 6.07 Å². The number of nitrogens with two attached hydrogens (primary N) is 1. The van der Waals surface area contributed by atoms with E-state index >= 15 is 0 Å². The smallest absolute Gasteiger partial charge is 0.242 e. The lowest BCUT2D eigenvalue weighted by atomic mass is 10.2. The number of hydrogen-bond donors (Lipinski definition) is 2. The van der Waals surface area contributed by atoms with Crippen molar-refractivity contribution in [3.63, 3.8) is 0 Å². The fraction of sp³-hybridized carbons (Fsp3) is 0.200. The summed E-state index contributed by atoms with van der Waals surface area (Å²) in [6.45, 7) is 1.31. The number of nitrogens with one attached hydrogen (secondary N) is 1. The van der Waals surface area contributed by atoms with Gasteiger partial charge in [0.1, 0.15) is 4.90 Å². The van der Waals surface area contributed by atoms with Gasteiger partial charge in [-0.25, -0.2) is 8.42 Å². The van der Waals surface area contributed by atoms with E-state index in [2.05, 4.69) is 4.72 Å². The van der Waals surface area contributed by atoms with E-state index in [1.165, 1.54) is 19.1 Å². The monoisotopic (exact) mass is 287 g/mol. The summed E-state index contributed by atoms with van der Waals surface area (Å²) in [6, 6.07) is 4.53. The molecule has 0 fully saturated rings. The highest BCUT2D eigenvalue weighted by Crippen LogP contribution is 2.22. The van der Waals surface area contributed by atoms with Crippen LogP contribution in [-0.4, -0.2) is 20.4 Å². The molecule has 6 nitrogen and oxygen atoms in total. The zero-order valence-corrected chi connectivity index (χ0v) is 10.9. The number of hydrogen-bond acceptors (Lipinski definition) is 4. The molecule has 0 bridgehead atoms. The zero-order valence-electron chi connectivity index (χ0n) is 9.34. The van der Waals surface area contributed by atoms with Crippen molar-refractivity contribution in [3.8, 4) is 6.07 Å². The molecule has 1 unspecified atom stereocenters. The van der Waals surface area contributed by atoms with Crippen LogP contribution in [0.25, 0.3) is 0 Å². The molecular weight excluding hydrogens is 278 g/mol. The van der Waals surface area contributed by atoms with Gasteiger partial charge in [-0.1, -0.05) is 11.6 Å². The quantitative estimate of drug-likeness (QED) is 0.832. The molecule has 1 atom stereocenters. The first-order valence-corrected chi connectivity index (χ1v) is 6.65. The lowest BCUT2D eigenvalue weighted by Gasteiger charge is -2.12. The minimum absolute atomic E-state index is 0.0434. The summed E-state index contributed by atoms with van der Waals surface area (Å²) in [6.07, 6.45) is 0. The maximum absolute atomic E-state index is 11.9. The van der Waals surface area contributed by atoms with E-state index in [0.29, 0.717) is 0 Å². The molecule has 0 spiro atoms. The van der Waals surface area contributed by atoms with Gasteiger partial charge in [-0.15, -0.1) is 0 Å². The van der Waals surface area contributed by atoms with Crippen molar-refractivity contribution in [2.75, 3.05) is 0 Å². The molecule has 0 aromatic heterocycles. The zero-order chi connectivity index (χ0) is 13.9. The molecular formula is C10H10ClN3O3S. The van der Waals surface area contributed by atoms with Gasteiger partial charge < -0.3 is 5.73 Å². The number of primary amides is 1. The molecule has 0 saturated carbocycles. The van der Waals surface area contributed by atoms with E-state index in [9.17, 15) is 13.2 Å². The van der Waals surface area contributed by atoms with Crippen LogP contribution in [0.4, 0.5) is 0 Å². The largest absolute Gasteiger partial charge is 0.368 e.